The van der Waals surface area contributed by atoms with Crippen LogP contribution in [0.15, 0.2) is 42.5 Å². The Hall–Kier alpha value is -2.29. The number of carbonyl (C=O) groups is 1. The maximum Gasteiger partial charge on any atom is 0.343 e. The van der Waals surface area contributed by atoms with Crippen LogP contribution in [-0.2, 0) is 10.8 Å². The Bertz CT molecular complexity index is 729. The average molecular weight is 326 g/mol. The molecule has 0 aliphatic heterocycles. The van der Waals surface area contributed by atoms with Crippen LogP contribution in [-0.4, -0.2) is 11.1 Å². The lowest BCUT2D eigenvalue weighted by Gasteiger charge is -2.21. The SMILES string of the molecule is CC(C)(C)c1ccc(OC(=O)c2ccc(O)c(C(C)(C)C)c2)cc1. The largest absolute Gasteiger partial charge is 0.508 e. The van der Waals surface area contributed by atoms with E-state index < -0.39 is 5.97 Å². The van der Waals surface area contributed by atoms with E-state index >= 15 is 0 Å². The first-order valence-electron chi connectivity index (χ1n) is 8.15. The molecule has 0 fully saturated rings. The van der Waals surface area contributed by atoms with Gasteiger partial charge in [-0.05, 0) is 46.7 Å². The van der Waals surface area contributed by atoms with E-state index in [-0.39, 0.29) is 16.6 Å². The monoisotopic (exact) mass is 326 g/mol. The number of phenolic OH excluding ortho intramolecular Hbond substituents is 1. The van der Waals surface area contributed by atoms with Crippen LogP contribution in [0.4, 0.5) is 0 Å². The molecule has 0 bridgehead atoms. The first-order chi connectivity index (χ1) is 11.0. The summed E-state index contributed by atoms with van der Waals surface area (Å²) in [6.07, 6.45) is 0. The Morgan fingerprint density at radius 3 is 1.96 bits per heavy atom. The Balaban J connectivity index is 2.21. The van der Waals surface area contributed by atoms with Crippen molar-refractivity contribution in [1.82, 2.24) is 0 Å². The normalized spacial score (nSPS) is 12.1. The fourth-order valence-electron chi connectivity index (χ4n) is 2.45. The lowest BCUT2D eigenvalue weighted by molar-refractivity contribution is 0.0734. The highest BCUT2D eigenvalue weighted by atomic mass is 16.5. The van der Waals surface area contributed by atoms with Crippen molar-refractivity contribution in [3.05, 3.63) is 59.2 Å². The van der Waals surface area contributed by atoms with Gasteiger partial charge in [0.15, 0.2) is 0 Å². The van der Waals surface area contributed by atoms with Gasteiger partial charge in [0.2, 0.25) is 0 Å². The summed E-state index contributed by atoms with van der Waals surface area (Å²) in [7, 11) is 0. The third-order valence-electron chi connectivity index (χ3n) is 3.97. The van der Waals surface area contributed by atoms with Crippen molar-refractivity contribution < 1.29 is 14.6 Å². The van der Waals surface area contributed by atoms with Crippen LogP contribution in [0.5, 0.6) is 11.5 Å². The third kappa shape index (κ3) is 4.16. The number of hydrogen-bond donors (Lipinski definition) is 1. The van der Waals surface area contributed by atoms with Crippen molar-refractivity contribution in [3.8, 4) is 11.5 Å². The molecule has 24 heavy (non-hydrogen) atoms. The maximum atomic E-state index is 12.4. The van der Waals surface area contributed by atoms with Crippen molar-refractivity contribution in [2.75, 3.05) is 0 Å². The lowest BCUT2D eigenvalue weighted by atomic mass is 9.85. The quantitative estimate of drug-likeness (QED) is 0.609. The first-order valence-corrected chi connectivity index (χ1v) is 8.15. The number of rotatable bonds is 2. The van der Waals surface area contributed by atoms with Gasteiger partial charge in [0.1, 0.15) is 11.5 Å². The van der Waals surface area contributed by atoms with Crippen LogP contribution in [0.3, 0.4) is 0 Å². The van der Waals surface area contributed by atoms with E-state index in [1.54, 1.807) is 18.2 Å². The second-order valence-electron chi connectivity index (χ2n) is 8.15. The van der Waals surface area contributed by atoms with E-state index in [9.17, 15) is 9.90 Å². The van der Waals surface area contributed by atoms with Crippen molar-refractivity contribution in [2.45, 2.75) is 52.4 Å². The van der Waals surface area contributed by atoms with Gasteiger partial charge in [-0.25, -0.2) is 4.79 Å². The molecule has 1 N–H and O–H groups in total. The summed E-state index contributed by atoms with van der Waals surface area (Å²) in [4.78, 5) is 12.4. The zero-order chi connectivity index (χ0) is 18.1. The van der Waals surface area contributed by atoms with Crippen LogP contribution >= 0.6 is 0 Å². The number of hydrogen-bond acceptors (Lipinski definition) is 3. The molecule has 2 aromatic carbocycles. The van der Waals surface area contributed by atoms with E-state index in [1.807, 2.05) is 45.0 Å². The molecular formula is C21H26O3. The molecule has 2 aromatic rings. The molecule has 2 rings (SSSR count). The first kappa shape index (κ1) is 18.1. The van der Waals surface area contributed by atoms with Gasteiger partial charge in [-0.1, -0.05) is 53.7 Å². The van der Waals surface area contributed by atoms with Crippen molar-refractivity contribution >= 4 is 5.97 Å². The predicted octanol–water partition coefficient (Wildman–Crippen LogP) is 5.21. The molecule has 0 spiro atoms. The summed E-state index contributed by atoms with van der Waals surface area (Å²) in [5.41, 5.74) is 2.13. The van der Waals surface area contributed by atoms with E-state index in [2.05, 4.69) is 20.8 Å². The molecule has 0 saturated heterocycles. The van der Waals surface area contributed by atoms with Crippen LogP contribution in [0, 0.1) is 0 Å². The van der Waals surface area contributed by atoms with Gasteiger partial charge in [-0.3, -0.25) is 0 Å². The van der Waals surface area contributed by atoms with Gasteiger partial charge in [-0.15, -0.1) is 0 Å². The summed E-state index contributed by atoms with van der Waals surface area (Å²) in [6, 6.07) is 12.4. The molecule has 3 nitrogen and oxygen atoms in total. The van der Waals surface area contributed by atoms with Gasteiger partial charge in [0, 0.05) is 5.56 Å². The number of benzene rings is 2. The van der Waals surface area contributed by atoms with Gasteiger partial charge in [-0.2, -0.15) is 0 Å². The Kier molecular flexibility index (Phi) is 4.75. The standard InChI is InChI=1S/C21H26O3/c1-20(2,3)15-8-10-16(11-9-15)24-19(23)14-7-12-18(22)17(13-14)21(4,5)6/h7-13,22H,1-6H3. The molecule has 0 atom stereocenters. The maximum absolute atomic E-state index is 12.4. The number of aromatic hydroxyl groups is 1. The smallest absolute Gasteiger partial charge is 0.343 e. The number of phenols is 1. The van der Waals surface area contributed by atoms with Gasteiger partial charge in [0.25, 0.3) is 0 Å². The zero-order valence-corrected chi connectivity index (χ0v) is 15.3. The average Bonchev–Trinajstić information content (AvgIpc) is 2.46. The minimum atomic E-state index is -0.427. The summed E-state index contributed by atoms with van der Waals surface area (Å²) in [5, 5.41) is 10.00. The fraction of sp³-hybridized carbons (Fsp3) is 0.381. The number of carbonyl (C=O) groups excluding carboxylic acids is 1. The topological polar surface area (TPSA) is 46.5 Å². The molecule has 0 amide bonds. The van der Waals surface area contributed by atoms with Crippen LogP contribution in [0.2, 0.25) is 0 Å². The zero-order valence-electron chi connectivity index (χ0n) is 15.3. The molecule has 128 valence electrons. The second-order valence-corrected chi connectivity index (χ2v) is 8.15. The number of ether oxygens (including phenoxy) is 1. The van der Waals surface area contributed by atoms with Crippen LogP contribution < -0.4 is 4.74 Å². The molecule has 0 unspecified atom stereocenters. The molecule has 0 aliphatic carbocycles. The molecule has 0 heterocycles. The van der Waals surface area contributed by atoms with Crippen molar-refractivity contribution in [1.29, 1.82) is 0 Å². The van der Waals surface area contributed by atoms with Gasteiger partial charge in [0.05, 0.1) is 5.56 Å². The minimum absolute atomic E-state index is 0.0567. The molecular weight excluding hydrogens is 300 g/mol. The fourth-order valence-corrected chi connectivity index (χ4v) is 2.45. The van der Waals surface area contributed by atoms with Crippen molar-refractivity contribution in [2.24, 2.45) is 0 Å². The van der Waals surface area contributed by atoms with Crippen LogP contribution in [0.1, 0.15) is 63.0 Å². The van der Waals surface area contributed by atoms with E-state index in [0.29, 0.717) is 11.3 Å². The Labute approximate surface area is 144 Å². The summed E-state index contributed by atoms with van der Waals surface area (Å²) in [6.45, 7) is 12.4. The minimum Gasteiger partial charge on any atom is -0.508 e. The summed E-state index contributed by atoms with van der Waals surface area (Å²) in [5.74, 6) is 0.274. The van der Waals surface area contributed by atoms with E-state index in [1.165, 1.54) is 5.56 Å². The van der Waals surface area contributed by atoms with E-state index in [4.69, 9.17) is 4.74 Å². The van der Waals surface area contributed by atoms with Gasteiger partial charge < -0.3 is 9.84 Å². The number of esters is 1. The molecule has 0 aliphatic rings. The van der Waals surface area contributed by atoms with Crippen molar-refractivity contribution in [3.63, 3.8) is 0 Å². The van der Waals surface area contributed by atoms with Gasteiger partial charge >= 0.3 is 5.97 Å². The molecule has 0 aromatic heterocycles. The highest BCUT2D eigenvalue weighted by Gasteiger charge is 2.21. The molecule has 3 heteroatoms. The summed E-state index contributed by atoms with van der Waals surface area (Å²) < 4.78 is 5.46. The van der Waals surface area contributed by atoms with E-state index in [0.717, 1.165) is 5.56 Å². The Morgan fingerprint density at radius 1 is 0.875 bits per heavy atom. The van der Waals surface area contributed by atoms with Crippen LogP contribution in [0.25, 0.3) is 0 Å². The predicted molar refractivity (Wildman–Crippen MR) is 96.9 cm³/mol. The molecule has 0 radical (unpaired) electrons. The molecule has 0 saturated carbocycles. The summed E-state index contributed by atoms with van der Waals surface area (Å²) >= 11 is 0. The highest BCUT2D eigenvalue weighted by molar-refractivity contribution is 5.91. The Morgan fingerprint density at radius 2 is 1.46 bits per heavy atom. The lowest BCUT2D eigenvalue weighted by Crippen LogP contribution is -2.15. The highest BCUT2D eigenvalue weighted by Crippen LogP contribution is 2.31. The third-order valence-corrected chi connectivity index (χ3v) is 3.97. The second kappa shape index (κ2) is 6.31.